The van der Waals surface area contributed by atoms with E-state index in [-0.39, 0.29) is 17.5 Å². The minimum Gasteiger partial charge on any atom is -0.484 e. The highest BCUT2D eigenvalue weighted by molar-refractivity contribution is 5.89. The number of methoxy groups -OCH3 is 1. The second-order valence-corrected chi connectivity index (χ2v) is 9.41. The fraction of sp³-hybridized carbons (Fsp3) is 0.379. The Kier molecular flexibility index (Phi) is 5.92. The lowest BCUT2D eigenvalue weighted by Crippen LogP contribution is -2.34. The number of rotatable bonds is 7. The summed E-state index contributed by atoms with van der Waals surface area (Å²) in [6.45, 7) is 2.12. The summed E-state index contributed by atoms with van der Waals surface area (Å²) in [6.07, 6.45) is 7.66. The number of nitrogens with zero attached hydrogens (tertiary/aromatic N) is 1. The molecule has 1 aromatic heterocycles. The van der Waals surface area contributed by atoms with Crippen molar-refractivity contribution in [1.29, 1.82) is 0 Å². The van der Waals surface area contributed by atoms with Crippen molar-refractivity contribution in [2.75, 3.05) is 7.11 Å². The van der Waals surface area contributed by atoms with Crippen molar-refractivity contribution < 1.29 is 14.3 Å². The van der Waals surface area contributed by atoms with E-state index >= 15 is 0 Å². The molecule has 2 aliphatic rings. The van der Waals surface area contributed by atoms with Gasteiger partial charge in [-0.1, -0.05) is 43.7 Å². The minimum atomic E-state index is -0.288. The largest absolute Gasteiger partial charge is 0.484 e. The van der Waals surface area contributed by atoms with Crippen molar-refractivity contribution in [2.24, 2.45) is 11.8 Å². The molecule has 1 heterocycles. The Hall–Kier alpha value is -3.14. The zero-order chi connectivity index (χ0) is 22.8. The van der Waals surface area contributed by atoms with Crippen LogP contribution in [0.1, 0.15) is 72.3 Å². The lowest BCUT2D eigenvalue weighted by Gasteiger charge is -2.39. The first kappa shape index (κ1) is 21.7. The molecule has 2 aromatic carbocycles. The van der Waals surface area contributed by atoms with Crippen molar-refractivity contribution in [3.63, 3.8) is 0 Å². The van der Waals surface area contributed by atoms with Gasteiger partial charge in [-0.3, -0.25) is 4.98 Å². The van der Waals surface area contributed by atoms with Gasteiger partial charge in [-0.05, 0) is 85.0 Å². The van der Waals surface area contributed by atoms with Gasteiger partial charge in [0.15, 0.2) is 0 Å². The van der Waals surface area contributed by atoms with E-state index in [4.69, 9.17) is 9.47 Å². The average molecular weight is 442 g/mol. The number of hydrogen-bond donors (Lipinski definition) is 0. The number of fused-ring (bicyclic) bond motifs is 2. The molecule has 2 bridgehead atoms. The van der Waals surface area contributed by atoms with Gasteiger partial charge in [-0.2, -0.15) is 0 Å². The summed E-state index contributed by atoms with van der Waals surface area (Å²) in [4.78, 5) is 16.4. The lowest BCUT2D eigenvalue weighted by molar-refractivity contribution is 0.0600. The summed E-state index contributed by atoms with van der Waals surface area (Å²) in [5, 5.41) is 0. The molecule has 2 saturated carbocycles. The van der Waals surface area contributed by atoms with Crippen LogP contribution in [0.25, 0.3) is 0 Å². The third-order valence-electron chi connectivity index (χ3n) is 7.71. The summed E-state index contributed by atoms with van der Waals surface area (Å²) in [6, 6.07) is 22.7. The van der Waals surface area contributed by atoms with Gasteiger partial charge in [0.2, 0.25) is 0 Å². The van der Waals surface area contributed by atoms with Gasteiger partial charge in [0.05, 0.1) is 18.4 Å². The molecule has 5 rings (SSSR count). The van der Waals surface area contributed by atoms with Crippen molar-refractivity contribution in [1.82, 2.24) is 4.98 Å². The van der Waals surface area contributed by atoms with Crippen molar-refractivity contribution in [2.45, 2.75) is 50.5 Å². The summed E-state index contributed by atoms with van der Waals surface area (Å²) < 4.78 is 11.2. The van der Waals surface area contributed by atoms with E-state index in [0.29, 0.717) is 11.5 Å². The molecule has 2 unspecified atom stereocenters. The number of carbonyl (C=O) groups is 1. The summed E-state index contributed by atoms with van der Waals surface area (Å²) >= 11 is 0. The van der Waals surface area contributed by atoms with Crippen LogP contribution in [-0.2, 0) is 10.2 Å². The molecule has 0 aliphatic heterocycles. The molecule has 4 atom stereocenters. The molecule has 0 amide bonds. The number of pyridine rings is 1. The Balaban J connectivity index is 1.44. The molecular formula is C29H31NO3. The third kappa shape index (κ3) is 3.92. The van der Waals surface area contributed by atoms with Crippen LogP contribution in [0.2, 0.25) is 0 Å². The van der Waals surface area contributed by atoms with Gasteiger partial charge in [-0.25, -0.2) is 4.79 Å². The molecule has 0 N–H and O–H groups in total. The van der Waals surface area contributed by atoms with Crippen LogP contribution in [0.5, 0.6) is 5.75 Å². The fourth-order valence-electron chi connectivity index (χ4n) is 6.14. The second kappa shape index (κ2) is 9.01. The van der Waals surface area contributed by atoms with Gasteiger partial charge in [-0.15, -0.1) is 0 Å². The van der Waals surface area contributed by atoms with Crippen LogP contribution < -0.4 is 4.74 Å². The first-order valence-corrected chi connectivity index (χ1v) is 12.0. The standard InChI is InChI=1S/C29H31NO3/c1-3-27(26-6-4-5-17-30-26)33-25-15-13-23(14-16-25)29(19-20-7-10-24(29)18-20)22-11-8-21(9-12-22)28(31)32-2/h4-6,8-9,11-17,20,24,27H,3,7,10,18-19H2,1-2H3/t20?,24-,27?,29+/m1/s1. The van der Waals surface area contributed by atoms with Crippen molar-refractivity contribution in [3.8, 4) is 5.75 Å². The number of ether oxygens (including phenoxy) is 2. The zero-order valence-electron chi connectivity index (χ0n) is 19.4. The molecule has 0 saturated heterocycles. The van der Waals surface area contributed by atoms with E-state index < -0.39 is 0 Å². The monoisotopic (exact) mass is 441 g/mol. The molecule has 33 heavy (non-hydrogen) atoms. The number of esters is 1. The molecule has 4 nitrogen and oxygen atoms in total. The Bertz CT molecular complexity index is 1090. The summed E-state index contributed by atoms with van der Waals surface area (Å²) in [7, 11) is 1.42. The average Bonchev–Trinajstić information content (AvgIpc) is 3.50. The first-order chi connectivity index (χ1) is 16.1. The quantitative estimate of drug-likeness (QED) is 0.393. The van der Waals surface area contributed by atoms with Gasteiger partial charge < -0.3 is 9.47 Å². The van der Waals surface area contributed by atoms with E-state index in [1.165, 1.54) is 43.9 Å². The number of benzene rings is 2. The third-order valence-corrected chi connectivity index (χ3v) is 7.71. The lowest BCUT2D eigenvalue weighted by atomic mass is 9.64. The number of hydrogen-bond acceptors (Lipinski definition) is 4. The first-order valence-electron chi connectivity index (χ1n) is 12.0. The smallest absolute Gasteiger partial charge is 0.337 e. The van der Waals surface area contributed by atoms with Crippen LogP contribution in [0.4, 0.5) is 0 Å². The normalized spacial score (nSPS) is 24.4. The maximum Gasteiger partial charge on any atom is 0.337 e. The van der Waals surface area contributed by atoms with E-state index in [1.807, 2.05) is 36.5 Å². The Morgan fingerprint density at radius 1 is 1.03 bits per heavy atom. The molecule has 2 fully saturated rings. The van der Waals surface area contributed by atoms with E-state index in [1.54, 1.807) is 0 Å². The van der Waals surface area contributed by atoms with Gasteiger partial charge in [0.1, 0.15) is 11.9 Å². The molecule has 0 spiro atoms. The Labute approximate surface area is 196 Å². The number of carbonyl (C=O) groups excluding carboxylic acids is 1. The Morgan fingerprint density at radius 3 is 2.30 bits per heavy atom. The molecule has 0 radical (unpaired) electrons. The molecular weight excluding hydrogens is 410 g/mol. The van der Waals surface area contributed by atoms with Crippen molar-refractivity contribution in [3.05, 3.63) is 95.3 Å². The maximum absolute atomic E-state index is 11.9. The molecule has 4 heteroatoms. The van der Waals surface area contributed by atoms with Crippen LogP contribution in [0.15, 0.2) is 72.9 Å². The van der Waals surface area contributed by atoms with Crippen LogP contribution in [0.3, 0.4) is 0 Å². The highest BCUT2D eigenvalue weighted by atomic mass is 16.5. The van der Waals surface area contributed by atoms with Crippen LogP contribution in [0, 0.1) is 11.8 Å². The maximum atomic E-state index is 11.9. The van der Waals surface area contributed by atoms with E-state index in [9.17, 15) is 4.79 Å². The highest BCUT2D eigenvalue weighted by Gasteiger charge is 2.52. The Morgan fingerprint density at radius 2 is 1.76 bits per heavy atom. The van der Waals surface area contributed by atoms with E-state index in [0.717, 1.165) is 23.8 Å². The molecule has 2 aliphatic carbocycles. The summed E-state index contributed by atoms with van der Waals surface area (Å²) in [5.74, 6) is 1.99. The predicted octanol–water partition coefficient (Wildman–Crippen LogP) is 6.50. The SMILES string of the molecule is CCC(Oc1ccc([C@@]2(c3ccc(C(=O)OC)cc3)CC3CC[C@@H]2C3)cc1)c1ccccn1. The predicted molar refractivity (Wildman–Crippen MR) is 128 cm³/mol. The fourth-order valence-corrected chi connectivity index (χ4v) is 6.14. The topological polar surface area (TPSA) is 48.4 Å². The van der Waals surface area contributed by atoms with E-state index in [2.05, 4.69) is 48.3 Å². The van der Waals surface area contributed by atoms with Gasteiger partial charge in [0.25, 0.3) is 0 Å². The zero-order valence-corrected chi connectivity index (χ0v) is 19.4. The van der Waals surface area contributed by atoms with Gasteiger partial charge in [0, 0.05) is 11.6 Å². The second-order valence-electron chi connectivity index (χ2n) is 9.41. The van der Waals surface area contributed by atoms with Crippen molar-refractivity contribution >= 4 is 5.97 Å². The molecule has 170 valence electrons. The molecule has 3 aromatic rings. The van der Waals surface area contributed by atoms with Crippen LogP contribution in [-0.4, -0.2) is 18.1 Å². The highest BCUT2D eigenvalue weighted by Crippen LogP contribution is 2.60. The number of aromatic nitrogens is 1. The summed E-state index contributed by atoms with van der Waals surface area (Å²) in [5.41, 5.74) is 4.21. The minimum absolute atomic E-state index is 0.00123. The van der Waals surface area contributed by atoms with Crippen LogP contribution >= 0.6 is 0 Å². The van der Waals surface area contributed by atoms with Gasteiger partial charge >= 0.3 is 5.97 Å².